The molecule has 1 aromatic heterocycles. The molecule has 176 valence electrons. The fourth-order valence-electron chi connectivity index (χ4n) is 4.93. The van der Waals surface area contributed by atoms with Gasteiger partial charge in [0.1, 0.15) is 23.9 Å². The lowest BCUT2D eigenvalue weighted by atomic mass is 9.98. The molecule has 0 aliphatic carbocycles. The van der Waals surface area contributed by atoms with Gasteiger partial charge in [-0.05, 0) is 68.1 Å². The molecule has 2 saturated heterocycles. The number of fused-ring (bicyclic) bond motifs is 3. The largest absolute Gasteiger partial charge is 0.492 e. The lowest BCUT2D eigenvalue weighted by Crippen LogP contribution is -2.51. The molecule has 10 heteroatoms. The van der Waals surface area contributed by atoms with Gasteiger partial charge in [-0.15, -0.1) is 0 Å². The van der Waals surface area contributed by atoms with Crippen molar-refractivity contribution in [2.24, 2.45) is 0 Å². The summed E-state index contributed by atoms with van der Waals surface area (Å²) in [6, 6.07) is 12.7. The summed E-state index contributed by atoms with van der Waals surface area (Å²) in [5, 5.41) is 0.466. The number of benzene rings is 2. The van der Waals surface area contributed by atoms with E-state index >= 15 is 0 Å². The summed E-state index contributed by atoms with van der Waals surface area (Å²) in [6.45, 7) is 1.39. The van der Waals surface area contributed by atoms with Crippen LogP contribution in [0.1, 0.15) is 25.7 Å². The third-order valence-electron chi connectivity index (χ3n) is 6.24. The van der Waals surface area contributed by atoms with Gasteiger partial charge in [0.25, 0.3) is 5.19 Å². The van der Waals surface area contributed by atoms with Crippen LogP contribution in [0.25, 0.3) is 10.2 Å². The zero-order valence-corrected chi connectivity index (χ0v) is 19.9. The second-order valence-corrected chi connectivity index (χ2v) is 11.5. The third-order valence-corrected chi connectivity index (χ3v) is 7.90. The van der Waals surface area contributed by atoms with Gasteiger partial charge in [-0.25, -0.2) is 22.5 Å². The predicted molar refractivity (Wildman–Crippen MR) is 126 cm³/mol. The molecule has 3 atom stereocenters. The maximum atomic E-state index is 13.4. The Bertz CT molecular complexity index is 1220. The summed E-state index contributed by atoms with van der Waals surface area (Å²) in [5.74, 6) is 1.11. The van der Waals surface area contributed by atoms with Crippen molar-refractivity contribution >= 4 is 31.6 Å². The van der Waals surface area contributed by atoms with Crippen LogP contribution < -0.4 is 14.2 Å². The number of aromatic nitrogens is 1. The summed E-state index contributed by atoms with van der Waals surface area (Å²) in [7, 11) is -3.17. The third kappa shape index (κ3) is 5.46. The number of halogens is 1. The molecule has 0 saturated carbocycles. The second-order valence-electron chi connectivity index (χ2n) is 8.69. The van der Waals surface area contributed by atoms with Gasteiger partial charge < -0.3 is 9.47 Å². The molecule has 2 aliphatic rings. The van der Waals surface area contributed by atoms with Crippen molar-refractivity contribution in [2.45, 2.75) is 43.8 Å². The van der Waals surface area contributed by atoms with E-state index in [4.69, 9.17) is 9.47 Å². The van der Waals surface area contributed by atoms with E-state index in [1.165, 1.54) is 29.7 Å². The number of nitrogens with zero attached hydrogens (tertiary/aromatic N) is 2. The summed E-state index contributed by atoms with van der Waals surface area (Å²) in [6.07, 6.45) is 5.15. The first-order valence-corrected chi connectivity index (χ1v) is 13.7. The van der Waals surface area contributed by atoms with Crippen molar-refractivity contribution < 1.29 is 22.3 Å². The van der Waals surface area contributed by atoms with Crippen LogP contribution in [0.15, 0.2) is 42.5 Å². The standard InChI is InChI=1S/C23H26FN3O4S2/c1-33(28,29)26-16-13-17-3-4-18(14-16)27(17)10-11-30-19-5-7-20(8-6-19)31-23-25-21-9-2-15(24)12-22(21)32-23/h2,5-9,12,16-18,26H,3-4,10-11,13-14H2,1H3/t16?,17-,18+. The zero-order valence-electron chi connectivity index (χ0n) is 18.2. The molecule has 2 bridgehead atoms. The fourth-order valence-corrected chi connectivity index (χ4v) is 6.59. The highest BCUT2D eigenvalue weighted by molar-refractivity contribution is 7.88. The van der Waals surface area contributed by atoms with Crippen molar-refractivity contribution in [1.82, 2.24) is 14.6 Å². The average molecular weight is 492 g/mol. The van der Waals surface area contributed by atoms with E-state index < -0.39 is 10.0 Å². The first kappa shape index (κ1) is 22.5. The zero-order chi connectivity index (χ0) is 23.0. The minimum atomic E-state index is -3.17. The predicted octanol–water partition coefficient (Wildman–Crippen LogP) is 4.15. The molecule has 33 heavy (non-hydrogen) atoms. The van der Waals surface area contributed by atoms with Crippen molar-refractivity contribution in [3.63, 3.8) is 0 Å². The van der Waals surface area contributed by atoms with Crippen LogP contribution >= 0.6 is 11.3 Å². The Balaban J connectivity index is 1.12. The van der Waals surface area contributed by atoms with Gasteiger partial charge in [-0.1, -0.05) is 11.3 Å². The van der Waals surface area contributed by atoms with Gasteiger partial charge in [-0.2, -0.15) is 0 Å². The molecule has 1 N–H and O–H groups in total. The molecule has 7 nitrogen and oxygen atoms in total. The van der Waals surface area contributed by atoms with Crippen molar-refractivity contribution in [3.8, 4) is 16.7 Å². The Morgan fingerprint density at radius 2 is 1.82 bits per heavy atom. The molecule has 5 rings (SSSR count). The number of thiazole rings is 1. The topological polar surface area (TPSA) is 80.8 Å². The van der Waals surface area contributed by atoms with Crippen molar-refractivity contribution in [2.75, 3.05) is 19.4 Å². The van der Waals surface area contributed by atoms with Gasteiger partial charge in [0.15, 0.2) is 0 Å². The van der Waals surface area contributed by atoms with Crippen LogP contribution in [0, 0.1) is 5.82 Å². The van der Waals surface area contributed by atoms with Crippen molar-refractivity contribution in [1.29, 1.82) is 0 Å². The average Bonchev–Trinajstić information content (AvgIpc) is 3.24. The quantitative estimate of drug-likeness (QED) is 0.510. The molecule has 3 heterocycles. The maximum absolute atomic E-state index is 13.4. The van der Waals surface area contributed by atoms with E-state index in [2.05, 4.69) is 14.6 Å². The molecular formula is C23H26FN3O4S2. The molecule has 1 unspecified atom stereocenters. The van der Waals surface area contributed by atoms with Gasteiger partial charge in [0.2, 0.25) is 10.0 Å². The van der Waals surface area contributed by atoms with Crippen LogP contribution in [-0.2, 0) is 10.0 Å². The van der Waals surface area contributed by atoms with Gasteiger partial charge in [-0.3, -0.25) is 4.90 Å². The minimum Gasteiger partial charge on any atom is -0.492 e. The Hall–Kier alpha value is -2.27. The maximum Gasteiger partial charge on any atom is 0.279 e. The van der Waals surface area contributed by atoms with E-state index in [0.29, 0.717) is 35.2 Å². The van der Waals surface area contributed by atoms with Gasteiger partial charge >= 0.3 is 0 Å². The highest BCUT2D eigenvalue weighted by Gasteiger charge is 2.41. The number of hydrogen-bond donors (Lipinski definition) is 1. The molecule has 2 aliphatic heterocycles. The van der Waals surface area contributed by atoms with Crippen molar-refractivity contribution in [3.05, 3.63) is 48.3 Å². The Labute approximate surface area is 196 Å². The first-order valence-electron chi connectivity index (χ1n) is 11.0. The van der Waals surface area contributed by atoms with E-state index in [1.54, 1.807) is 6.07 Å². The van der Waals surface area contributed by atoms with Crippen LogP contribution in [0.3, 0.4) is 0 Å². The number of rotatable bonds is 8. The lowest BCUT2D eigenvalue weighted by molar-refractivity contribution is 0.103. The first-order chi connectivity index (χ1) is 15.8. The fraction of sp³-hybridized carbons (Fsp3) is 0.435. The van der Waals surface area contributed by atoms with Gasteiger partial charge in [0.05, 0.1) is 16.5 Å². The van der Waals surface area contributed by atoms with Gasteiger partial charge in [0, 0.05) is 24.7 Å². The molecule has 2 fully saturated rings. The summed E-state index contributed by atoms with van der Waals surface area (Å²) >= 11 is 1.30. The van der Waals surface area contributed by atoms with E-state index in [0.717, 1.165) is 42.7 Å². The van der Waals surface area contributed by atoms with E-state index in [9.17, 15) is 12.8 Å². The minimum absolute atomic E-state index is 0.0386. The SMILES string of the molecule is CS(=O)(=O)NC1C[C@H]2CC[C@@H](C1)N2CCOc1ccc(Oc2nc3ccc(F)cc3s2)cc1. The number of sulfonamides is 1. The molecule has 2 aromatic carbocycles. The number of piperidine rings is 1. The van der Waals surface area contributed by atoms with Crippen LogP contribution in [0.2, 0.25) is 0 Å². The highest BCUT2D eigenvalue weighted by atomic mass is 32.2. The van der Waals surface area contributed by atoms with E-state index in [-0.39, 0.29) is 11.9 Å². The van der Waals surface area contributed by atoms with Crippen LogP contribution in [0.5, 0.6) is 16.7 Å². The van der Waals surface area contributed by atoms with E-state index in [1.807, 2.05) is 24.3 Å². The number of ether oxygens (including phenoxy) is 2. The highest BCUT2D eigenvalue weighted by Crippen LogP contribution is 2.36. The normalized spacial score (nSPS) is 23.2. The molecule has 0 amide bonds. The molecule has 0 spiro atoms. The number of hydrogen-bond acceptors (Lipinski definition) is 7. The lowest BCUT2D eigenvalue weighted by Gasteiger charge is -2.38. The molecular weight excluding hydrogens is 465 g/mol. The Kier molecular flexibility index (Phi) is 6.26. The molecule has 0 radical (unpaired) electrons. The monoisotopic (exact) mass is 491 g/mol. The second kappa shape index (κ2) is 9.17. The molecule has 3 aromatic rings. The van der Waals surface area contributed by atoms with Crippen LogP contribution in [-0.4, -0.2) is 55.8 Å². The number of nitrogens with one attached hydrogen (secondary N) is 1. The summed E-state index contributed by atoms with van der Waals surface area (Å²) in [4.78, 5) is 6.84. The summed E-state index contributed by atoms with van der Waals surface area (Å²) in [5.41, 5.74) is 0.710. The Morgan fingerprint density at radius 3 is 2.52 bits per heavy atom. The summed E-state index contributed by atoms with van der Waals surface area (Å²) < 4.78 is 51.7. The smallest absolute Gasteiger partial charge is 0.279 e. The Morgan fingerprint density at radius 1 is 1.12 bits per heavy atom. The van der Waals surface area contributed by atoms with Crippen LogP contribution in [0.4, 0.5) is 4.39 Å².